The number of hydrogen-bond acceptors (Lipinski definition) is 3. The Balaban J connectivity index is 2.08. The molecule has 0 bridgehead atoms. The van der Waals surface area contributed by atoms with E-state index in [0.717, 1.165) is 0 Å². The molecule has 0 heterocycles. The van der Waals surface area contributed by atoms with Crippen LogP contribution in [0.25, 0.3) is 0 Å². The van der Waals surface area contributed by atoms with Crippen LogP contribution in [-0.2, 0) is 0 Å². The minimum Gasteiger partial charge on any atom is -0.493 e. The number of carbonyl (C=O) groups excluding carboxylic acids is 1. The number of Topliss-reactive ketones (excluding diaryl/α,β-unsaturated/α-hetero) is 1. The van der Waals surface area contributed by atoms with Gasteiger partial charge in [0.15, 0.2) is 6.61 Å². The van der Waals surface area contributed by atoms with Crippen LogP contribution in [0.1, 0.15) is 22.8 Å². The molecule has 0 aliphatic heterocycles. The summed E-state index contributed by atoms with van der Waals surface area (Å²) in [4.78, 5) is 12.2. The Morgan fingerprint density at radius 2 is 1.86 bits per heavy atom. The van der Waals surface area contributed by atoms with Crippen LogP contribution in [0.5, 0.6) is 11.5 Å². The molecule has 0 aliphatic carbocycles. The second kappa shape index (κ2) is 6.88. The Morgan fingerprint density at radius 1 is 1.10 bits per heavy atom. The molecule has 0 radical (unpaired) electrons. The standard InChI is InChI=1S/C17H17FO3/c1-3-20-17-7-5-4-6-14(17)15(19)11-21-16-9-8-13(18)10-12(16)2/h4-10H,3,11H2,1-2H3. The van der Waals surface area contributed by atoms with Gasteiger partial charge in [-0.15, -0.1) is 0 Å². The van der Waals surface area contributed by atoms with Crippen molar-refractivity contribution in [3.63, 3.8) is 0 Å². The van der Waals surface area contributed by atoms with Crippen LogP contribution in [0, 0.1) is 12.7 Å². The minimum atomic E-state index is -0.326. The molecule has 2 aromatic rings. The largest absolute Gasteiger partial charge is 0.493 e. The van der Waals surface area contributed by atoms with Crippen LogP contribution in [0.15, 0.2) is 42.5 Å². The van der Waals surface area contributed by atoms with Crippen molar-refractivity contribution in [2.24, 2.45) is 0 Å². The van der Waals surface area contributed by atoms with Gasteiger partial charge < -0.3 is 9.47 Å². The van der Waals surface area contributed by atoms with Gasteiger partial charge in [-0.25, -0.2) is 4.39 Å². The first kappa shape index (κ1) is 15.0. The third-order valence-electron chi connectivity index (χ3n) is 2.98. The van der Waals surface area contributed by atoms with E-state index in [1.54, 1.807) is 25.1 Å². The molecule has 110 valence electrons. The van der Waals surface area contributed by atoms with Crippen LogP contribution in [0.4, 0.5) is 4.39 Å². The number of ketones is 1. The number of aryl methyl sites for hydroxylation is 1. The highest BCUT2D eigenvalue weighted by Crippen LogP contribution is 2.21. The molecule has 0 N–H and O–H groups in total. The fourth-order valence-electron chi connectivity index (χ4n) is 1.97. The zero-order valence-corrected chi connectivity index (χ0v) is 12.1. The number of benzene rings is 2. The van der Waals surface area contributed by atoms with Crippen molar-refractivity contribution in [2.75, 3.05) is 13.2 Å². The third kappa shape index (κ3) is 3.81. The van der Waals surface area contributed by atoms with E-state index in [4.69, 9.17) is 9.47 Å². The second-order valence-corrected chi connectivity index (χ2v) is 4.55. The molecule has 0 saturated carbocycles. The lowest BCUT2D eigenvalue weighted by Crippen LogP contribution is -2.13. The number of ether oxygens (including phenoxy) is 2. The van der Waals surface area contributed by atoms with Crippen molar-refractivity contribution in [3.8, 4) is 11.5 Å². The summed E-state index contributed by atoms with van der Waals surface area (Å²) in [5.41, 5.74) is 1.14. The monoisotopic (exact) mass is 288 g/mol. The quantitative estimate of drug-likeness (QED) is 0.759. The van der Waals surface area contributed by atoms with Crippen LogP contribution in [-0.4, -0.2) is 19.0 Å². The molecule has 2 aromatic carbocycles. The fourth-order valence-corrected chi connectivity index (χ4v) is 1.97. The maximum Gasteiger partial charge on any atom is 0.203 e. The lowest BCUT2D eigenvalue weighted by Gasteiger charge is -2.11. The second-order valence-electron chi connectivity index (χ2n) is 4.55. The first-order valence-corrected chi connectivity index (χ1v) is 6.75. The van der Waals surface area contributed by atoms with Gasteiger partial charge in [0.2, 0.25) is 5.78 Å². The van der Waals surface area contributed by atoms with E-state index in [-0.39, 0.29) is 18.2 Å². The maximum absolute atomic E-state index is 13.0. The average Bonchev–Trinajstić information content (AvgIpc) is 2.47. The number of hydrogen-bond donors (Lipinski definition) is 0. The van der Waals surface area contributed by atoms with Gasteiger partial charge >= 0.3 is 0 Å². The summed E-state index contributed by atoms with van der Waals surface area (Å²) < 4.78 is 23.9. The van der Waals surface area contributed by atoms with Gasteiger partial charge in [-0.1, -0.05) is 12.1 Å². The van der Waals surface area contributed by atoms with Crippen molar-refractivity contribution in [1.82, 2.24) is 0 Å². The molecule has 0 atom stereocenters. The smallest absolute Gasteiger partial charge is 0.203 e. The Labute approximate surface area is 123 Å². The average molecular weight is 288 g/mol. The van der Waals surface area contributed by atoms with E-state index in [2.05, 4.69) is 0 Å². The summed E-state index contributed by atoms with van der Waals surface area (Å²) in [5.74, 6) is 0.540. The molecule has 2 rings (SSSR count). The lowest BCUT2D eigenvalue weighted by molar-refractivity contribution is 0.0917. The molecule has 0 unspecified atom stereocenters. The highest BCUT2D eigenvalue weighted by molar-refractivity contribution is 5.99. The topological polar surface area (TPSA) is 35.5 Å². The number of para-hydroxylation sites is 1. The van der Waals surface area contributed by atoms with E-state index in [0.29, 0.717) is 29.2 Å². The van der Waals surface area contributed by atoms with Crippen LogP contribution in [0.2, 0.25) is 0 Å². The zero-order chi connectivity index (χ0) is 15.2. The number of halogens is 1. The van der Waals surface area contributed by atoms with Crippen molar-refractivity contribution >= 4 is 5.78 Å². The van der Waals surface area contributed by atoms with Crippen molar-refractivity contribution < 1.29 is 18.7 Å². The molecule has 0 aliphatic rings. The van der Waals surface area contributed by atoms with Gasteiger partial charge in [0.05, 0.1) is 12.2 Å². The van der Waals surface area contributed by atoms with Crippen LogP contribution >= 0.6 is 0 Å². The molecule has 0 aromatic heterocycles. The normalized spacial score (nSPS) is 10.2. The van der Waals surface area contributed by atoms with Crippen molar-refractivity contribution in [1.29, 1.82) is 0 Å². The Bertz CT molecular complexity index is 638. The van der Waals surface area contributed by atoms with Gasteiger partial charge in [-0.3, -0.25) is 4.79 Å². The van der Waals surface area contributed by atoms with Crippen molar-refractivity contribution in [2.45, 2.75) is 13.8 Å². The Hall–Kier alpha value is -2.36. The molecular weight excluding hydrogens is 271 g/mol. The molecule has 0 saturated heterocycles. The van der Waals surface area contributed by atoms with Gasteiger partial charge in [0, 0.05) is 0 Å². The van der Waals surface area contributed by atoms with E-state index >= 15 is 0 Å². The molecule has 3 nitrogen and oxygen atoms in total. The minimum absolute atomic E-state index is 0.115. The van der Waals surface area contributed by atoms with Crippen molar-refractivity contribution in [3.05, 3.63) is 59.4 Å². The third-order valence-corrected chi connectivity index (χ3v) is 2.98. The highest BCUT2D eigenvalue weighted by Gasteiger charge is 2.13. The first-order chi connectivity index (χ1) is 10.1. The van der Waals surface area contributed by atoms with Gasteiger partial charge in [-0.05, 0) is 49.7 Å². The summed E-state index contributed by atoms with van der Waals surface area (Å²) in [6, 6.07) is 11.2. The number of rotatable bonds is 6. The summed E-state index contributed by atoms with van der Waals surface area (Å²) >= 11 is 0. The molecular formula is C17H17FO3. The van der Waals surface area contributed by atoms with Crippen LogP contribution < -0.4 is 9.47 Å². The van der Waals surface area contributed by atoms with Gasteiger partial charge in [0.1, 0.15) is 17.3 Å². The summed E-state index contributed by atoms with van der Waals surface area (Å²) in [5, 5.41) is 0. The molecule has 21 heavy (non-hydrogen) atoms. The fraction of sp³-hybridized carbons (Fsp3) is 0.235. The SMILES string of the molecule is CCOc1ccccc1C(=O)COc1ccc(F)cc1C. The van der Waals surface area contributed by atoms with E-state index < -0.39 is 0 Å². The lowest BCUT2D eigenvalue weighted by atomic mass is 10.1. The summed E-state index contributed by atoms with van der Waals surface area (Å²) in [6.45, 7) is 3.97. The molecule has 4 heteroatoms. The van der Waals surface area contributed by atoms with Crippen LogP contribution in [0.3, 0.4) is 0 Å². The predicted octanol–water partition coefficient (Wildman–Crippen LogP) is 3.79. The Morgan fingerprint density at radius 3 is 2.57 bits per heavy atom. The zero-order valence-electron chi connectivity index (χ0n) is 12.1. The highest BCUT2D eigenvalue weighted by atomic mass is 19.1. The predicted molar refractivity (Wildman–Crippen MR) is 78.6 cm³/mol. The Kier molecular flexibility index (Phi) is 4.93. The van der Waals surface area contributed by atoms with E-state index in [1.807, 2.05) is 13.0 Å². The summed E-state index contributed by atoms with van der Waals surface area (Å²) in [7, 11) is 0. The van der Waals surface area contributed by atoms with E-state index in [1.165, 1.54) is 18.2 Å². The van der Waals surface area contributed by atoms with Gasteiger partial charge in [-0.2, -0.15) is 0 Å². The molecule has 0 fully saturated rings. The summed E-state index contributed by atoms with van der Waals surface area (Å²) in [6.07, 6.45) is 0. The molecule has 0 spiro atoms. The first-order valence-electron chi connectivity index (χ1n) is 6.75. The maximum atomic E-state index is 13.0. The van der Waals surface area contributed by atoms with Gasteiger partial charge in [0.25, 0.3) is 0 Å². The number of carbonyl (C=O) groups is 1. The van der Waals surface area contributed by atoms with E-state index in [9.17, 15) is 9.18 Å². The molecule has 0 amide bonds.